The van der Waals surface area contributed by atoms with E-state index in [1.165, 1.54) is 69.8 Å². The number of carbonyl (C=O) groups is 1. The first kappa shape index (κ1) is 23.4. The Balaban J connectivity index is 1.47. The third kappa shape index (κ3) is 7.45. The summed E-state index contributed by atoms with van der Waals surface area (Å²) in [6.07, 6.45) is 18.1. The van der Waals surface area contributed by atoms with Crippen molar-refractivity contribution >= 4 is 5.97 Å². The minimum atomic E-state index is -0.241. The van der Waals surface area contributed by atoms with Gasteiger partial charge in [-0.2, -0.15) is 0 Å². The van der Waals surface area contributed by atoms with E-state index in [0.717, 1.165) is 17.9 Å². The summed E-state index contributed by atoms with van der Waals surface area (Å²) >= 11 is 0. The molecule has 1 fully saturated rings. The highest BCUT2D eigenvalue weighted by Crippen LogP contribution is 2.38. The second-order valence-corrected chi connectivity index (χ2v) is 9.01. The third-order valence-electron chi connectivity index (χ3n) is 6.52. The van der Waals surface area contributed by atoms with Gasteiger partial charge in [0.05, 0.1) is 12.4 Å². The zero-order chi connectivity index (χ0) is 21.9. The van der Waals surface area contributed by atoms with Gasteiger partial charge in [-0.1, -0.05) is 76.6 Å². The van der Waals surface area contributed by atoms with Gasteiger partial charge in [0.15, 0.2) is 11.6 Å². The topological polar surface area (TPSA) is 52.1 Å². The van der Waals surface area contributed by atoms with E-state index in [1.807, 2.05) is 6.92 Å². The van der Waals surface area contributed by atoms with E-state index in [4.69, 9.17) is 4.74 Å². The molecule has 0 bridgehead atoms. The summed E-state index contributed by atoms with van der Waals surface area (Å²) in [5, 5.41) is 0. The Morgan fingerprint density at radius 3 is 2.23 bits per heavy atom. The Labute approximate surface area is 187 Å². The first-order valence-corrected chi connectivity index (χ1v) is 12.3. The largest absolute Gasteiger partial charge is 0.423 e. The number of aromatic nitrogens is 2. The molecular weight excluding hydrogens is 384 g/mol. The van der Waals surface area contributed by atoms with Crippen molar-refractivity contribution in [2.24, 2.45) is 5.92 Å². The molecule has 1 aliphatic carbocycles. The number of hydrogen-bond acceptors (Lipinski definition) is 4. The second-order valence-electron chi connectivity index (χ2n) is 9.01. The Bertz CT molecular complexity index is 778. The van der Waals surface area contributed by atoms with Crippen LogP contribution in [0, 0.1) is 5.92 Å². The zero-order valence-electron chi connectivity index (χ0n) is 19.3. The van der Waals surface area contributed by atoms with Crippen LogP contribution in [0.2, 0.25) is 0 Å². The number of esters is 1. The predicted octanol–water partition coefficient (Wildman–Crippen LogP) is 7.48. The first-order chi connectivity index (χ1) is 15.2. The lowest BCUT2D eigenvalue weighted by atomic mass is 9.77. The molecular formula is C27H38N2O2. The van der Waals surface area contributed by atoms with Crippen LogP contribution >= 0.6 is 0 Å². The zero-order valence-corrected chi connectivity index (χ0v) is 19.3. The highest BCUT2D eigenvalue weighted by molar-refractivity contribution is 5.72. The fraction of sp³-hybridized carbons (Fsp3) is 0.593. The maximum atomic E-state index is 11.6. The Hall–Kier alpha value is -2.23. The Morgan fingerprint density at radius 2 is 1.58 bits per heavy atom. The van der Waals surface area contributed by atoms with Crippen molar-refractivity contribution in [3.8, 4) is 17.1 Å². The van der Waals surface area contributed by atoms with Crippen LogP contribution in [0.25, 0.3) is 11.4 Å². The number of benzene rings is 1. The molecule has 0 spiro atoms. The van der Waals surface area contributed by atoms with Gasteiger partial charge in [0, 0.05) is 12.0 Å². The van der Waals surface area contributed by atoms with Gasteiger partial charge in [0.1, 0.15) is 0 Å². The van der Waals surface area contributed by atoms with Crippen LogP contribution in [-0.4, -0.2) is 15.9 Å². The van der Waals surface area contributed by atoms with Gasteiger partial charge in [0.2, 0.25) is 0 Å². The van der Waals surface area contributed by atoms with Crippen molar-refractivity contribution in [1.29, 1.82) is 0 Å². The van der Waals surface area contributed by atoms with E-state index in [2.05, 4.69) is 41.2 Å². The first-order valence-electron chi connectivity index (χ1n) is 12.3. The average molecular weight is 423 g/mol. The highest BCUT2D eigenvalue weighted by atomic mass is 16.5. The lowest BCUT2D eigenvalue weighted by molar-refractivity contribution is -0.134. The summed E-state index contributed by atoms with van der Waals surface area (Å²) in [5.41, 5.74) is 2.44. The molecule has 1 aromatic heterocycles. The molecule has 1 heterocycles. The summed E-state index contributed by atoms with van der Waals surface area (Å²) in [6.45, 7) is 4.23. The van der Waals surface area contributed by atoms with Gasteiger partial charge in [-0.05, 0) is 49.5 Å². The lowest BCUT2D eigenvalue weighted by Crippen LogP contribution is -2.13. The van der Waals surface area contributed by atoms with Gasteiger partial charge in [0.25, 0.3) is 0 Å². The van der Waals surface area contributed by atoms with Gasteiger partial charge in [-0.3, -0.25) is 4.79 Å². The molecule has 4 nitrogen and oxygen atoms in total. The van der Waals surface area contributed by atoms with Crippen LogP contribution in [0.4, 0.5) is 0 Å². The molecule has 0 N–H and O–H groups in total. The van der Waals surface area contributed by atoms with Crippen LogP contribution in [0.5, 0.6) is 5.75 Å². The van der Waals surface area contributed by atoms with Crippen molar-refractivity contribution in [3.05, 3.63) is 42.2 Å². The molecule has 0 unspecified atom stereocenters. The maximum absolute atomic E-state index is 11.6. The fourth-order valence-electron chi connectivity index (χ4n) is 4.63. The molecule has 1 aromatic carbocycles. The molecule has 0 saturated heterocycles. The molecule has 0 amide bonds. The SMILES string of the molecule is CCCCCCC[C@H]1CC[C@H](c2ccc(-c3ncc(OC(=O)CCC)cn3)cc2)CC1. The maximum Gasteiger partial charge on any atom is 0.311 e. The molecule has 0 atom stereocenters. The lowest BCUT2D eigenvalue weighted by Gasteiger charge is -2.29. The summed E-state index contributed by atoms with van der Waals surface area (Å²) < 4.78 is 5.23. The van der Waals surface area contributed by atoms with Gasteiger partial charge < -0.3 is 4.74 Å². The quantitative estimate of drug-likeness (QED) is 0.278. The van der Waals surface area contributed by atoms with Gasteiger partial charge in [-0.25, -0.2) is 9.97 Å². The molecule has 1 saturated carbocycles. The van der Waals surface area contributed by atoms with Crippen LogP contribution in [-0.2, 0) is 4.79 Å². The van der Waals surface area contributed by atoms with Crippen molar-refractivity contribution in [2.75, 3.05) is 0 Å². The molecule has 0 radical (unpaired) electrons. The molecule has 3 rings (SSSR count). The highest BCUT2D eigenvalue weighted by Gasteiger charge is 2.22. The van der Waals surface area contributed by atoms with E-state index in [1.54, 1.807) is 12.4 Å². The minimum absolute atomic E-state index is 0.241. The van der Waals surface area contributed by atoms with E-state index in [-0.39, 0.29) is 5.97 Å². The minimum Gasteiger partial charge on any atom is -0.423 e. The predicted molar refractivity (Wildman–Crippen MR) is 126 cm³/mol. The Kier molecular flexibility index (Phi) is 9.51. The number of nitrogens with zero attached hydrogens (tertiary/aromatic N) is 2. The fourth-order valence-corrected chi connectivity index (χ4v) is 4.63. The number of carbonyl (C=O) groups excluding carboxylic acids is 1. The van der Waals surface area contributed by atoms with Crippen LogP contribution in [0.3, 0.4) is 0 Å². The Morgan fingerprint density at radius 1 is 0.903 bits per heavy atom. The van der Waals surface area contributed by atoms with Crippen molar-refractivity contribution in [2.45, 2.75) is 96.8 Å². The molecule has 0 aliphatic heterocycles. The summed E-state index contributed by atoms with van der Waals surface area (Å²) in [4.78, 5) is 20.3. The molecule has 1 aliphatic rings. The number of unbranched alkanes of at least 4 members (excludes halogenated alkanes) is 4. The number of hydrogen-bond donors (Lipinski definition) is 0. The van der Waals surface area contributed by atoms with E-state index >= 15 is 0 Å². The molecule has 4 heteroatoms. The molecule has 2 aromatic rings. The molecule has 31 heavy (non-hydrogen) atoms. The normalized spacial score (nSPS) is 18.6. The molecule has 168 valence electrons. The smallest absolute Gasteiger partial charge is 0.311 e. The summed E-state index contributed by atoms with van der Waals surface area (Å²) in [6, 6.07) is 8.72. The number of ether oxygens (including phenoxy) is 1. The van der Waals surface area contributed by atoms with Crippen molar-refractivity contribution in [1.82, 2.24) is 9.97 Å². The van der Waals surface area contributed by atoms with Crippen LogP contribution in [0.15, 0.2) is 36.7 Å². The number of rotatable bonds is 11. The van der Waals surface area contributed by atoms with Crippen LogP contribution in [0.1, 0.15) is 102 Å². The summed E-state index contributed by atoms with van der Waals surface area (Å²) in [5.74, 6) is 2.45. The van der Waals surface area contributed by atoms with E-state index < -0.39 is 0 Å². The van der Waals surface area contributed by atoms with Gasteiger partial charge in [-0.15, -0.1) is 0 Å². The summed E-state index contributed by atoms with van der Waals surface area (Å²) in [7, 11) is 0. The van der Waals surface area contributed by atoms with E-state index in [9.17, 15) is 4.79 Å². The van der Waals surface area contributed by atoms with Crippen molar-refractivity contribution < 1.29 is 9.53 Å². The van der Waals surface area contributed by atoms with Crippen molar-refractivity contribution in [3.63, 3.8) is 0 Å². The van der Waals surface area contributed by atoms with Gasteiger partial charge >= 0.3 is 5.97 Å². The monoisotopic (exact) mass is 422 g/mol. The average Bonchev–Trinajstić information content (AvgIpc) is 2.80. The van der Waals surface area contributed by atoms with Crippen LogP contribution < -0.4 is 4.74 Å². The third-order valence-corrected chi connectivity index (χ3v) is 6.52. The van der Waals surface area contributed by atoms with E-state index in [0.29, 0.717) is 23.9 Å². The standard InChI is InChI=1S/C27H38N2O2/c1-3-5-6-7-8-10-21-11-13-22(14-12-21)23-15-17-24(18-16-23)27-28-19-25(20-29-27)31-26(30)9-4-2/h15-22H,3-14H2,1-2H3/t21-,22-. The second kappa shape index (κ2) is 12.6.